The van der Waals surface area contributed by atoms with Crippen molar-refractivity contribution in [1.29, 1.82) is 0 Å². The quantitative estimate of drug-likeness (QED) is 0.237. The van der Waals surface area contributed by atoms with Crippen LogP contribution in [0, 0.1) is 6.92 Å². The first kappa shape index (κ1) is 33.0. The number of rotatable bonds is 11. The van der Waals surface area contributed by atoms with Crippen molar-refractivity contribution in [2.24, 2.45) is 0 Å². The number of amides is 2. The standard InChI is InChI=1S/C29H31Cl4N3O4S/c1-5-19(3)34-29(38)20(4)35(16-23-24(31)7-6-8-25(23)32)28(37)17-36(27-15-21(30)11-14-26(27)33)41(39,40)22-12-9-18(2)10-13-22/h6-15,19-20H,5,16-17H2,1-4H3,(H,34,38)/t19-,20-/m0/s1. The summed E-state index contributed by atoms with van der Waals surface area (Å²) in [4.78, 5) is 28.4. The van der Waals surface area contributed by atoms with E-state index in [-0.39, 0.29) is 33.2 Å². The molecule has 0 spiro atoms. The number of anilines is 1. The molecule has 2 amide bonds. The molecule has 0 aliphatic rings. The third-order valence-corrected chi connectivity index (χ3v) is 9.66. The molecule has 2 atom stereocenters. The second-order valence-corrected chi connectivity index (χ2v) is 13.2. The Labute approximate surface area is 261 Å². The van der Waals surface area contributed by atoms with E-state index in [0.717, 1.165) is 9.87 Å². The van der Waals surface area contributed by atoms with Gasteiger partial charge < -0.3 is 10.2 Å². The molecule has 0 radical (unpaired) electrons. The summed E-state index contributed by atoms with van der Waals surface area (Å²) >= 11 is 25.5. The number of hydrogen-bond donors (Lipinski definition) is 1. The molecular weight excluding hydrogens is 628 g/mol. The smallest absolute Gasteiger partial charge is 0.264 e. The maximum atomic E-state index is 14.1. The van der Waals surface area contributed by atoms with Gasteiger partial charge in [-0.15, -0.1) is 0 Å². The van der Waals surface area contributed by atoms with Crippen LogP contribution in [-0.2, 0) is 26.2 Å². The Bertz CT molecular complexity index is 1500. The summed E-state index contributed by atoms with van der Waals surface area (Å²) < 4.78 is 28.8. The topological polar surface area (TPSA) is 86.8 Å². The van der Waals surface area contributed by atoms with Gasteiger partial charge in [0.25, 0.3) is 10.0 Å². The fourth-order valence-corrected chi connectivity index (χ4v) is 6.31. The molecule has 0 bridgehead atoms. The predicted molar refractivity (Wildman–Crippen MR) is 167 cm³/mol. The van der Waals surface area contributed by atoms with Crippen molar-refractivity contribution in [2.75, 3.05) is 10.8 Å². The SMILES string of the molecule is CC[C@H](C)NC(=O)[C@H](C)N(Cc1c(Cl)cccc1Cl)C(=O)CN(c1cc(Cl)ccc1Cl)S(=O)(=O)c1ccc(C)cc1. The number of carbonyl (C=O) groups is 2. The summed E-state index contributed by atoms with van der Waals surface area (Å²) in [5.41, 5.74) is 1.29. The molecular formula is C29H31Cl4N3O4S. The minimum atomic E-state index is -4.31. The van der Waals surface area contributed by atoms with Gasteiger partial charge in [-0.25, -0.2) is 8.42 Å². The van der Waals surface area contributed by atoms with E-state index in [1.165, 1.54) is 35.2 Å². The third-order valence-electron chi connectivity index (χ3n) is 6.62. The second kappa shape index (κ2) is 14.1. The highest BCUT2D eigenvalue weighted by Crippen LogP contribution is 2.34. The zero-order valence-electron chi connectivity index (χ0n) is 23.0. The van der Waals surface area contributed by atoms with Gasteiger partial charge in [-0.3, -0.25) is 13.9 Å². The van der Waals surface area contributed by atoms with Crippen LogP contribution < -0.4 is 9.62 Å². The Kier molecular flexibility index (Phi) is 11.4. The normalized spacial score (nSPS) is 12.9. The first-order valence-electron chi connectivity index (χ1n) is 12.8. The molecule has 0 fully saturated rings. The van der Waals surface area contributed by atoms with E-state index in [0.29, 0.717) is 22.0 Å². The number of halogens is 4. The van der Waals surface area contributed by atoms with E-state index < -0.39 is 34.4 Å². The van der Waals surface area contributed by atoms with E-state index in [1.54, 1.807) is 37.3 Å². The minimum absolute atomic E-state index is 0.0144. The lowest BCUT2D eigenvalue weighted by Crippen LogP contribution is -2.52. The molecule has 0 aromatic heterocycles. The van der Waals surface area contributed by atoms with Gasteiger partial charge in [-0.2, -0.15) is 0 Å². The lowest BCUT2D eigenvalue weighted by Gasteiger charge is -2.33. The van der Waals surface area contributed by atoms with Crippen LogP contribution in [-0.4, -0.2) is 43.8 Å². The van der Waals surface area contributed by atoms with Crippen LogP contribution in [0.1, 0.15) is 38.3 Å². The molecule has 0 aliphatic carbocycles. The van der Waals surface area contributed by atoms with Gasteiger partial charge in [-0.05, 0) is 69.7 Å². The van der Waals surface area contributed by atoms with Gasteiger partial charge in [0.05, 0.1) is 15.6 Å². The van der Waals surface area contributed by atoms with Crippen molar-refractivity contribution in [3.05, 3.63) is 91.9 Å². The molecule has 41 heavy (non-hydrogen) atoms. The lowest BCUT2D eigenvalue weighted by molar-refractivity contribution is -0.139. The van der Waals surface area contributed by atoms with Crippen molar-refractivity contribution in [1.82, 2.24) is 10.2 Å². The van der Waals surface area contributed by atoms with Crippen LogP contribution in [0.2, 0.25) is 20.1 Å². The molecule has 3 aromatic carbocycles. The fraction of sp³-hybridized carbons (Fsp3) is 0.310. The highest BCUT2D eigenvalue weighted by molar-refractivity contribution is 7.92. The van der Waals surface area contributed by atoms with Crippen LogP contribution in [0.15, 0.2) is 65.6 Å². The molecule has 12 heteroatoms. The van der Waals surface area contributed by atoms with Crippen LogP contribution in [0.3, 0.4) is 0 Å². The molecule has 1 N–H and O–H groups in total. The van der Waals surface area contributed by atoms with E-state index in [9.17, 15) is 18.0 Å². The van der Waals surface area contributed by atoms with Crippen LogP contribution in [0.4, 0.5) is 5.69 Å². The Balaban J connectivity index is 2.11. The van der Waals surface area contributed by atoms with Gasteiger partial charge in [0, 0.05) is 33.2 Å². The summed E-state index contributed by atoms with van der Waals surface area (Å²) in [5, 5.41) is 3.76. The average Bonchev–Trinajstić information content (AvgIpc) is 2.92. The van der Waals surface area contributed by atoms with Crippen molar-refractivity contribution < 1.29 is 18.0 Å². The maximum Gasteiger partial charge on any atom is 0.264 e. The van der Waals surface area contributed by atoms with Crippen molar-refractivity contribution in [3.8, 4) is 0 Å². The van der Waals surface area contributed by atoms with Crippen LogP contribution in [0.5, 0.6) is 0 Å². The van der Waals surface area contributed by atoms with E-state index in [2.05, 4.69) is 5.32 Å². The number of carbonyl (C=O) groups excluding carboxylic acids is 2. The zero-order valence-corrected chi connectivity index (χ0v) is 26.8. The fourth-order valence-electron chi connectivity index (χ4n) is 3.93. The molecule has 7 nitrogen and oxygen atoms in total. The summed E-state index contributed by atoms with van der Waals surface area (Å²) in [7, 11) is -4.31. The molecule has 0 saturated heterocycles. The largest absolute Gasteiger partial charge is 0.352 e. The Morgan fingerprint density at radius 1 is 0.902 bits per heavy atom. The molecule has 0 aliphatic heterocycles. The molecule has 0 heterocycles. The van der Waals surface area contributed by atoms with E-state index in [4.69, 9.17) is 46.4 Å². The van der Waals surface area contributed by atoms with Gasteiger partial charge in [0.15, 0.2) is 0 Å². The van der Waals surface area contributed by atoms with E-state index in [1.807, 2.05) is 20.8 Å². The lowest BCUT2D eigenvalue weighted by atomic mass is 10.1. The number of nitrogens with one attached hydrogen (secondary N) is 1. The van der Waals surface area contributed by atoms with E-state index >= 15 is 0 Å². The molecule has 3 rings (SSSR count). The molecule has 0 saturated carbocycles. The Hall–Kier alpha value is -2.49. The van der Waals surface area contributed by atoms with Gasteiger partial charge in [0.2, 0.25) is 11.8 Å². The highest BCUT2D eigenvalue weighted by atomic mass is 35.5. The van der Waals surface area contributed by atoms with Gasteiger partial charge in [0.1, 0.15) is 12.6 Å². The Morgan fingerprint density at radius 2 is 1.51 bits per heavy atom. The summed E-state index contributed by atoms with van der Waals surface area (Å²) in [6, 6.07) is 14.3. The van der Waals surface area contributed by atoms with Crippen molar-refractivity contribution >= 4 is 73.9 Å². The van der Waals surface area contributed by atoms with Crippen LogP contribution in [0.25, 0.3) is 0 Å². The maximum absolute atomic E-state index is 14.1. The average molecular weight is 659 g/mol. The summed E-state index contributed by atoms with van der Waals surface area (Å²) in [6.07, 6.45) is 0.679. The number of benzene rings is 3. The monoisotopic (exact) mass is 657 g/mol. The summed E-state index contributed by atoms with van der Waals surface area (Å²) in [6.45, 7) is 6.33. The second-order valence-electron chi connectivity index (χ2n) is 9.64. The third kappa shape index (κ3) is 8.08. The van der Waals surface area contributed by atoms with Gasteiger partial charge in [-0.1, -0.05) is 77.1 Å². The zero-order chi connectivity index (χ0) is 30.5. The molecule has 3 aromatic rings. The first-order valence-corrected chi connectivity index (χ1v) is 15.8. The summed E-state index contributed by atoms with van der Waals surface area (Å²) in [5.74, 6) is -1.09. The predicted octanol–water partition coefficient (Wildman–Crippen LogP) is 7.14. The first-order chi connectivity index (χ1) is 19.3. The van der Waals surface area contributed by atoms with Crippen LogP contribution >= 0.6 is 46.4 Å². The number of sulfonamides is 1. The van der Waals surface area contributed by atoms with Gasteiger partial charge >= 0.3 is 0 Å². The van der Waals surface area contributed by atoms with Crippen molar-refractivity contribution in [2.45, 2.75) is 57.6 Å². The molecule has 220 valence electrons. The Morgan fingerprint density at radius 3 is 2.10 bits per heavy atom. The van der Waals surface area contributed by atoms with Crippen molar-refractivity contribution in [3.63, 3.8) is 0 Å². The number of aryl methyl sites for hydroxylation is 1. The molecule has 0 unspecified atom stereocenters. The number of nitrogens with zero attached hydrogens (tertiary/aromatic N) is 2. The number of hydrogen-bond acceptors (Lipinski definition) is 4. The minimum Gasteiger partial charge on any atom is -0.352 e. The highest BCUT2D eigenvalue weighted by Gasteiger charge is 2.34.